The zero-order valence-electron chi connectivity index (χ0n) is 10.4. The van der Waals surface area contributed by atoms with E-state index in [-0.39, 0.29) is 12.2 Å². The number of nitrogens with two attached hydrogens (primary N) is 1. The minimum Gasteiger partial charge on any atom is -0.508 e. The van der Waals surface area contributed by atoms with Gasteiger partial charge in [-0.2, -0.15) is 0 Å². The van der Waals surface area contributed by atoms with Gasteiger partial charge in [0.25, 0.3) is 0 Å². The molecule has 0 spiro atoms. The summed E-state index contributed by atoms with van der Waals surface area (Å²) in [6, 6.07) is 5.20. The van der Waals surface area contributed by atoms with Gasteiger partial charge in [-0.05, 0) is 32.0 Å². The molecule has 0 aliphatic carbocycles. The van der Waals surface area contributed by atoms with Crippen molar-refractivity contribution in [1.29, 1.82) is 0 Å². The van der Waals surface area contributed by atoms with Gasteiger partial charge in [0.05, 0.1) is 12.2 Å². The molecule has 94 valence electrons. The first-order valence-electron chi connectivity index (χ1n) is 6.00. The van der Waals surface area contributed by atoms with Crippen LogP contribution in [-0.4, -0.2) is 35.3 Å². The maximum absolute atomic E-state index is 9.78. The molecule has 2 rings (SSSR count). The number of hydrogen-bond donors (Lipinski definition) is 2. The minimum absolute atomic E-state index is 0.238. The number of nitrogens with zero attached hydrogens (tertiary/aromatic N) is 1. The van der Waals surface area contributed by atoms with Crippen LogP contribution < -0.4 is 5.73 Å². The van der Waals surface area contributed by atoms with E-state index in [1.54, 1.807) is 12.1 Å². The molecule has 1 aliphatic rings. The molecule has 1 saturated heterocycles. The summed E-state index contributed by atoms with van der Waals surface area (Å²) in [5.74, 6) is 0.311. The third kappa shape index (κ3) is 3.11. The maximum Gasteiger partial charge on any atom is 0.120 e. The van der Waals surface area contributed by atoms with E-state index in [0.29, 0.717) is 11.4 Å². The number of benzene rings is 1. The van der Waals surface area contributed by atoms with E-state index in [4.69, 9.17) is 10.5 Å². The van der Waals surface area contributed by atoms with Crippen molar-refractivity contribution in [3.63, 3.8) is 0 Å². The number of phenols is 1. The number of nitrogen functional groups attached to an aromatic ring is 1. The molecule has 1 aliphatic heterocycles. The second-order valence-corrected chi connectivity index (χ2v) is 4.84. The highest BCUT2D eigenvalue weighted by molar-refractivity contribution is 5.47. The van der Waals surface area contributed by atoms with Gasteiger partial charge in [-0.3, -0.25) is 4.90 Å². The zero-order chi connectivity index (χ0) is 12.4. The molecule has 0 aromatic heterocycles. The average Bonchev–Trinajstić information content (AvgIpc) is 2.22. The van der Waals surface area contributed by atoms with Crippen LogP contribution in [0.3, 0.4) is 0 Å². The van der Waals surface area contributed by atoms with Gasteiger partial charge < -0.3 is 15.6 Å². The predicted molar refractivity (Wildman–Crippen MR) is 67.8 cm³/mol. The molecule has 4 nitrogen and oxygen atoms in total. The van der Waals surface area contributed by atoms with Crippen LogP contribution in [0, 0.1) is 0 Å². The number of phenolic OH excluding ortho intramolecular Hbond substituents is 1. The van der Waals surface area contributed by atoms with E-state index in [1.807, 2.05) is 6.07 Å². The quantitative estimate of drug-likeness (QED) is 0.604. The summed E-state index contributed by atoms with van der Waals surface area (Å²) in [6.45, 7) is 6.63. The van der Waals surface area contributed by atoms with Crippen LogP contribution in [0.2, 0.25) is 0 Å². The summed E-state index contributed by atoms with van der Waals surface area (Å²) in [6.07, 6.45) is 0.476. The molecule has 1 heterocycles. The van der Waals surface area contributed by atoms with Crippen LogP contribution in [-0.2, 0) is 11.3 Å². The molecule has 17 heavy (non-hydrogen) atoms. The van der Waals surface area contributed by atoms with Crippen molar-refractivity contribution in [3.05, 3.63) is 23.8 Å². The average molecular weight is 236 g/mol. The topological polar surface area (TPSA) is 58.7 Å². The lowest BCUT2D eigenvalue weighted by molar-refractivity contribution is -0.0706. The first kappa shape index (κ1) is 12.2. The largest absolute Gasteiger partial charge is 0.508 e. The van der Waals surface area contributed by atoms with E-state index in [1.165, 1.54) is 0 Å². The van der Waals surface area contributed by atoms with Gasteiger partial charge in [0, 0.05) is 30.9 Å². The molecule has 1 fully saturated rings. The van der Waals surface area contributed by atoms with Crippen molar-refractivity contribution >= 4 is 5.69 Å². The Balaban J connectivity index is 2.07. The molecule has 0 amide bonds. The fourth-order valence-corrected chi connectivity index (χ4v) is 2.39. The number of hydrogen-bond acceptors (Lipinski definition) is 4. The fourth-order valence-electron chi connectivity index (χ4n) is 2.39. The predicted octanol–water partition coefficient (Wildman–Crippen LogP) is 1.58. The van der Waals surface area contributed by atoms with Crippen LogP contribution in [0.1, 0.15) is 19.4 Å². The van der Waals surface area contributed by atoms with Gasteiger partial charge in [-0.1, -0.05) is 0 Å². The van der Waals surface area contributed by atoms with Crippen molar-refractivity contribution in [2.45, 2.75) is 32.6 Å². The van der Waals surface area contributed by atoms with Gasteiger partial charge in [-0.25, -0.2) is 0 Å². The van der Waals surface area contributed by atoms with Crippen LogP contribution in [0.4, 0.5) is 5.69 Å². The SMILES string of the molecule is CC1CN(Cc2cc(N)ccc2O)CC(C)O1. The number of anilines is 1. The molecular weight excluding hydrogens is 216 g/mol. The Morgan fingerprint density at radius 3 is 2.65 bits per heavy atom. The summed E-state index contributed by atoms with van der Waals surface area (Å²) in [5.41, 5.74) is 7.30. The van der Waals surface area contributed by atoms with Gasteiger partial charge in [0.1, 0.15) is 5.75 Å². The van der Waals surface area contributed by atoms with Crippen LogP contribution in [0.15, 0.2) is 18.2 Å². The summed E-state index contributed by atoms with van der Waals surface area (Å²) in [7, 11) is 0. The standard InChI is InChI=1S/C13H20N2O2/c1-9-6-15(7-10(2)17-9)8-11-5-12(14)3-4-13(11)16/h3-5,9-10,16H,6-8,14H2,1-2H3. The molecular formula is C13H20N2O2. The second-order valence-electron chi connectivity index (χ2n) is 4.84. The van der Waals surface area contributed by atoms with Crippen molar-refractivity contribution in [2.75, 3.05) is 18.8 Å². The monoisotopic (exact) mass is 236 g/mol. The molecule has 4 heteroatoms. The van der Waals surface area contributed by atoms with E-state index < -0.39 is 0 Å². The summed E-state index contributed by atoms with van der Waals surface area (Å²) in [5, 5.41) is 9.78. The number of rotatable bonds is 2. The maximum atomic E-state index is 9.78. The van der Waals surface area contributed by atoms with Gasteiger partial charge in [0.2, 0.25) is 0 Å². The highest BCUT2D eigenvalue weighted by Crippen LogP contribution is 2.23. The van der Waals surface area contributed by atoms with Crippen molar-refractivity contribution in [2.24, 2.45) is 0 Å². The molecule has 2 atom stereocenters. The lowest BCUT2D eigenvalue weighted by Crippen LogP contribution is -2.44. The third-order valence-corrected chi connectivity index (χ3v) is 2.99. The van der Waals surface area contributed by atoms with Gasteiger partial charge in [-0.15, -0.1) is 0 Å². The lowest BCUT2D eigenvalue weighted by atomic mass is 10.1. The molecule has 3 N–H and O–H groups in total. The van der Waals surface area contributed by atoms with Crippen LogP contribution in [0.5, 0.6) is 5.75 Å². The molecule has 0 radical (unpaired) electrons. The van der Waals surface area contributed by atoms with E-state index in [2.05, 4.69) is 18.7 Å². The first-order chi connectivity index (χ1) is 8.04. The zero-order valence-corrected chi connectivity index (χ0v) is 10.4. The Kier molecular flexibility index (Phi) is 3.54. The summed E-state index contributed by atoms with van der Waals surface area (Å²) < 4.78 is 5.68. The van der Waals surface area contributed by atoms with E-state index in [9.17, 15) is 5.11 Å². The van der Waals surface area contributed by atoms with E-state index in [0.717, 1.165) is 25.2 Å². The number of aromatic hydroxyl groups is 1. The second kappa shape index (κ2) is 4.94. The fraction of sp³-hybridized carbons (Fsp3) is 0.538. The highest BCUT2D eigenvalue weighted by atomic mass is 16.5. The Morgan fingerprint density at radius 2 is 2.00 bits per heavy atom. The lowest BCUT2D eigenvalue weighted by Gasteiger charge is -2.35. The minimum atomic E-state index is 0.238. The molecule has 1 aromatic rings. The summed E-state index contributed by atoms with van der Waals surface area (Å²) in [4.78, 5) is 2.29. The molecule has 0 bridgehead atoms. The van der Waals surface area contributed by atoms with Crippen molar-refractivity contribution in [3.8, 4) is 5.75 Å². The Labute approximate surface area is 102 Å². The van der Waals surface area contributed by atoms with Crippen molar-refractivity contribution in [1.82, 2.24) is 4.90 Å². The van der Waals surface area contributed by atoms with Gasteiger partial charge >= 0.3 is 0 Å². The highest BCUT2D eigenvalue weighted by Gasteiger charge is 2.22. The third-order valence-electron chi connectivity index (χ3n) is 2.99. The van der Waals surface area contributed by atoms with E-state index >= 15 is 0 Å². The first-order valence-corrected chi connectivity index (χ1v) is 6.00. The smallest absolute Gasteiger partial charge is 0.120 e. The van der Waals surface area contributed by atoms with Crippen molar-refractivity contribution < 1.29 is 9.84 Å². The molecule has 2 unspecified atom stereocenters. The Hall–Kier alpha value is -1.26. The molecule has 1 aromatic carbocycles. The normalized spacial score (nSPS) is 26.0. The molecule has 0 saturated carbocycles. The summed E-state index contributed by atoms with van der Waals surface area (Å²) >= 11 is 0. The number of morpholine rings is 1. The number of ether oxygens (including phenoxy) is 1. The van der Waals surface area contributed by atoms with Crippen LogP contribution in [0.25, 0.3) is 0 Å². The Bertz CT molecular complexity index is 385. The Morgan fingerprint density at radius 1 is 1.35 bits per heavy atom. The van der Waals surface area contributed by atoms with Gasteiger partial charge in [0.15, 0.2) is 0 Å². The van der Waals surface area contributed by atoms with Crippen LogP contribution >= 0.6 is 0 Å².